The highest BCUT2D eigenvalue weighted by molar-refractivity contribution is 7.98. The zero-order valence-electron chi connectivity index (χ0n) is 11.9. The van der Waals surface area contributed by atoms with E-state index in [1.54, 1.807) is 30.0 Å². The molecular weight excluding hydrogens is 308 g/mol. The molecule has 21 heavy (non-hydrogen) atoms. The Morgan fingerprint density at radius 2 is 2.00 bits per heavy atom. The normalized spacial score (nSPS) is 16.4. The molecule has 0 spiro atoms. The van der Waals surface area contributed by atoms with Gasteiger partial charge in [0.1, 0.15) is 6.04 Å². The van der Waals surface area contributed by atoms with E-state index in [9.17, 15) is 13.2 Å². The minimum atomic E-state index is -3.67. The van der Waals surface area contributed by atoms with E-state index in [0.29, 0.717) is 6.42 Å². The van der Waals surface area contributed by atoms with Gasteiger partial charge >= 0.3 is 0 Å². The molecule has 5 nitrogen and oxygen atoms in total. The summed E-state index contributed by atoms with van der Waals surface area (Å²) in [7, 11) is -3.67. The number of carbonyl (C=O) groups is 1. The smallest absolute Gasteiger partial charge is 0.241 e. The summed E-state index contributed by atoms with van der Waals surface area (Å²) in [6, 6.07) is 7.62. The molecule has 2 N–H and O–H groups in total. The Hall–Kier alpha value is -1.05. The van der Waals surface area contributed by atoms with Crippen molar-refractivity contribution in [3.63, 3.8) is 0 Å². The van der Waals surface area contributed by atoms with Gasteiger partial charge in [0.25, 0.3) is 0 Å². The van der Waals surface area contributed by atoms with Crippen molar-refractivity contribution in [2.45, 2.75) is 36.2 Å². The number of rotatable bonds is 8. The summed E-state index contributed by atoms with van der Waals surface area (Å²) in [6.07, 6.45) is 4.37. The molecule has 0 aromatic heterocycles. The Morgan fingerprint density at radius 1 is 1.33 bits per heavy atom. The monoisotopic (exact) mass is 328 g/mol. The predicted molar refractivity (Wildman–Crippen MR) is 84.7 cm³/mol. The van der Waals surface area contributed by atoms with E-state index in [-0.39, 0.29) is 16.8 Å². The summed E-state index contributed by atoms with van der Waals surface area (Å²) >= 11 is 1.59. The molecule has 1 unspecified atom stereocenters. The largest absolute Gasteiger partial charge is 0.352 e. The second-order valence-corrected chi connectivity index (χ2v) is 7.75. The van der Waals surface area contributed by atoms with E-state index in [4.69, 9.17) is 0 Å². The van der Waals surface area contributed by atoms with Crippen molar-refractivity contribution >= 4 is 27.7 Å². The van der Waals surface area contributed by atoms with Gasteiger partial charge in [0.2, 0.25) is 15.9 Å². The van der Waals surface area contributed by atoms with Crippen LogP contribution < -0.4 is 10.0 Å². The van der Waals surface area contributed by atoms with Crippen molar-refractivity contribution in [3.8, 4) is 0 Å². The number of carbonyl (C=O) groups excluding carboxylic acids is 1. The molecule has 1 amide bonds. The number of nitrogens with one attached hydrogen (secondary N) is 2. The lowest BCUT2D eigenvalue weighted by Gasteiger charge is -2.18. The van der Waals surface area contributed by atoms with Crippen molar-refractivity contribution < 1.29 is 13.2 Å². The molecule has 116 valence electrons. The average Bonchev–Trinajstić information content (AvgIpc) is 3.28. The van der Waals surface area contributed by atoms with Crippen molar-refractivity contribution in [2.24, 2.45) is 0 Å². The Kier molecular flexibility index (Phi) is 5.66. The predicted octanol–water partition coefficient (Wildman–Crippen LogP) is 1.37. The highest BCUT2D eigenvalue weighted by Gasteiger charge is 2.30. The second kappa shape index (κ2) is 7.29. The van der Waals surface area contributed by atoms with E-state index >= 15 is 0 Å². The van der Waals surface area contributed by atoms with Crippen LogP contribution in [0.15, 0.2) is 35.2 Å². The number of benzene rings is 1. The molecule has 0 bridgehead atoms. The van der Waals surface area contributed by atoms with Crippen LogP contribution in [0.1, 0.15) is 19.3 Å². The topological polar surface area (TPSA) is 75.3 Å². The average molecular weight is 328 g/mol. The molecular formula is C14H20N2O3S2. The van der Waals surface area contributed by atoms with E-state index in [1.165, 1.54) is 12.1 Å². The van der Waals surface area contributed by atoms with E-state index in [1.807, 2.05) is 6.26 Å². The third-order valence-corrected chi connectivity index (χ3v) is 5.33. The molecule has 1 aromatic carbocycles. The summed E-state index contributed by atoms with van der Waals surface area (Å²) in [6.45, 7) is 0. The molecule has 0 heterocycles. The van der Waals surface area contributed by atoms with Crippen LogP contribution >= 0.6 is 11.8 Å². The molecule has 1 aliphatic rings. The van der Waals surface area contributed by atoms with Gasteiger partial charge < -0.3 is 5.32 Å². The second-order valence-electron chi connectivity index (χ2n) is 5.05. The molecule has 1 atom stereocenters. The first-order valence-electron chi connectivity index (χ1n) is 6.89. The lowest BCUT2D eigenvalue weighted by Crippen LogP contribution is -2.47. The summed E-state index contributed by atoms with van der Waals surface area (Å²) in [4.78, 5) is 12.3. The van der Waals surface area contributed by atoms with Crippen LogP contribution in [0.2, 0.25) is 0 Å². The van der Waals surface area contributed by atoms with Gasteiger partial charge in [0.05, 0.1) is 4.90 Å². The van der Waals surface area contributed by atoms with E-state index in [2.05, 4.69) is 10.0 Å². The first kappa shape index (κ1) is 16.3. The number of amides is 1. The van der Waals surface area contributed by atoms with Crippen LogP contribution in [0.4, 0.5) is 0 Å². The molecule has 0 saturated heterocycles. The minimum absolute atomic E-state index is 0.179. The van der Waals surface area contributed by atoms with Crippen molar-refractivity contribution in [1.29, 1.82) is 0 Å². The Morgan fingerprint density at radius 3 is 2.57 bits per heavy atom. The number of hydrogen-bond donors (Lipinski definition) is 2. The Balaban J connectivity index is 2.07. The molecule has 2 rings (SSSR count). The highest BCUT2D eigenvalue weighted by Crippen LogP contribution is 2.19. The number of thioether (sulfide) groups is 1. The minimum Gasteiger partial charge on any atom is -0.352 e. The van der Waals surface area contributed by atoms with Gasteiger partial charge in [0.15, 0.2) is 0 Å². The third kappa shape index (κ3) is 5.01. The maximum atomic E-state index is 12.3. The van der Waals surface area contributed by atoms with Crippen LogP contribution in [0.5, 0.6) is 0 Å². The molecule has 0 radical (unpaired) electrons. The summed E-state index contributed by atoms with van der Waals surface area (Å²) < 4.78 is 27.2. The summed E-state index contributed by atoms with van der Waals surface area (Å²) in [5, 5.41) is 2.86. The quantitative estimate of drug-likeness (QED) is 0.756. The molecule has 1 aromatic rings. The lowest BCUT2D eigenvalue weighted by atomic mass is 10.2. The van der Waals surface area contributed by atoms with Crippen molar-refractivity contribution in [2.75, 3.05) is 12.0 Å². The SMILES string of the molecule is CSCCC(NS(=O)(=O)c1ccccc1)C(=O)NC1CC1. The van der Waals surface area contributed by atoms with Crippen molar-refractivity contribution in [1.82, 2.24) is 10.0 Å². The standard InChI is InChI=1S/C14H20N2O3S2/c1-20-10-9-13(14(17)15-11-7-8-11)16-21(18,19)12-5-3-2-4-6-12/h2-6,11,13,16H,7-10H2,1H3,(H,15,17). The van der Waals surface area contributed by atoms with Gasteiger partial charge in [-0.05, 0) is 43.4 Å². The first-order chi connectivity index (χ1) is 10.0. The summed E-state index contributed by atoms with van der Waals surface area (Å²) in [5.41, 5.74) is 0. The van der Waals surface area contributed by atoms with E-state index < -0.39 is 16.1 Å². The van der Waals surface area contributed by atoms with Gasteiger partial charge in [0, 0.05) is 6.04 Å². The van der Waals surface area contributed by atoms with Crippen LogP contribution in [0, 0.1) is 0 Å². The van der Waals surface area contributed by atoms with Crippen LogP contribution in [-0.4, -0.2) is 38.4 Å². The first-order valence-corrected chi connectivity index (χ1v) is 9.77. The van der Waals surface area contributed by atoms with Gasteiger partial charge in [-0.1, -0.05) is 18.2 Å². The molecule has 1 aliphatic carbocycles. The third-order valence-electron chi connectivity index (χ3n) is 3.20. The highest BCUT2D eigenvalue weighted by atomic mass is 32.2. The fraction of sp³-hybridized carbons (Fsp3) is 0.500. The zero-order chi connectivity index (χ0) is 15.3. The maximum Gasteiger partial charge on any atom is 0.241 e. The van der Waals surface area contributed by atoms with Crippen LogP contribution in [0.25, 0.3) is 0 Å². The molecule has 0 aliphatic heterocycles. The fourth-order valence-corrected chi connectivity index (χ4v) is 3.59. The van der Waals surface area contributed by atoms with Crippen LogP contribution in [-0.2, 0) is 14.8 Å². The maximum absolute atomic E-state index is 12.3. The van der Waals surface area contributed by atoms with Crippen molar-refractivity contribution in [3.05, 3.63) is 30.3 Å². The zero-order valence-corrected chi connectivity index (χ0v) is 13.5. The fourth-order valence-electron chi connectivity index (χ4n) is 1.86. The Labute approximate surface area is 129 Å². The Bertz CT molecular complexity index is 571. The number of hydrogen-bond acceptors (Lipinski definition) is 4. The lowest BCUT2D eigenvalue weighted by molar-refractivity contribution is -0.122. The van der Waals surface area contributed by atoms with Gasteiger partial charge in [-0.25, -0.2) is 8.42 Å². The van der Waals surface area contributed by atoms with Gasteiger partial charge in [-0.2, -0.15) is 16.5 Å². The summed E-state index contributed by atoms with van der Waals surface area (Å²) in [5.74, 6) is 0.492. The number of sulfonamides is 1. The van der Waals surface area contributed by atoms with Crippen LogP contribution in [0.3, 0.4) is 0 Å². The van der Waals surface area contributed by atoms with E-state index in [0.717, 1.165) is 18.6 Å². The molecule has 1 fully saturated rings. The molecule has 1 saturated carbocycles. The van der Waals surface area contributed by atoms with Gasteiger partial charge in [-0.3, -0.25) is 4.79 Å². The van der Waals surface area contributed by atoms with Gasteiger partial charge in [-0.15, -0.1) is 0 Å². The molecule has 7 heteroatoms.